The molecule has 0 aliphatic carbocycles. The van der Waals surface area contributed by atoms with Gasteiger partial charge in [0.25, 0.3) is 0 Å². The first-order valence-electron chi connectivity index (χ1n) is 4.73. The lowest BCUT2D eigenvalue weighted by molar-refractivity contribution is -0.138. The first-order chi connectivity index (χ1) is 7.41. The highest BCUT2D eigenvalue weighted by molar-refractivity contribution is 7.56. The molecular weight excluding hydrogens is 229 g/mol. The van der Waals surface area contributed by atoms with Gasteiger partial charge in [0, 0.05) is 6.66 Å². The second-order valence-electron chi connectivity index (χ2n) is 3.44. The number of carboxylic acid groups (broad SMARTS) is 1. The molecule has 0 fully saturated rings. The SMILES string of the molecule is C[C@@H](NP(C)(=O)Oc1ccccc1)C(=O)O. The topological polar surface area (TPSA) is 75.6 Å². The highest BCUT2D eigenvalue weighted by Crippen LogP contribution is 2.39. The lowest BCUT2D eigenvalue weighted by Crippen LogP contribution is -2.32. The molecule has 1 aromatic carbocycles. The van der Waals surface area contributed by atoms with E-state index in [1.807, 2.05) is 0 Å². The number of benzene rings is 1. The number of carbonyl (C=O) groups is 1. The molecule has 2 N–H and O–H groups in total. The molecule has 1 rings (SSSR count). The largest absolute Gasteiger partial charge is 0.480 e. The molecule has 0 spiro atoms. The van der Waals surface area contributed by atoms with Crippen molar-refractivity contribution in [1.82, 2.24) is 5.09 Å². The quantitative estimate of drug-likeness (QED) is 0.773. The fraction of sp³-hybridized carbons (Fsp3) is 0.300. The molecule has 0 aromatic heterocycles. The van der Waals surface area contributed by atoms with Gasteiger partial charge in [0.15, 0.2) is 0 Å². The third-order valence-electron chi connectivity index (χ3n) is 1.82. The van der Waals surface area contributed by atoms with Crippen molar-refractivity contribution in [2.75, 3.05) is 6.66 Å². The molecular formula is C10H14NO4P. The summed E-state index contributed by atoms with van der Waals surface area (Å²) in [5.41, 5.74) is 0. The van der Waals surface area contributed by atoms with Gasteiger partial charge in [0.1, 0.15) is 11.8 Å². The Bertz CT molecular complexity index is 407. The van der Waals surface area contributed by atoms with Crippen LogP contribution in [-0.2, 0) is 9.36 Å². The van der Waals surface area contributed by atoms with Crippen molar-refractivity contribution in [2.45, 2.75) is 13.0 Å². The Hall–Kier alpha value is -1.32. The molecule has 88 valence electrons. The Morgan fingerprint density at radius 1 is 1.44 bits per heavy atom. The molecule has 1 aromatic rings. The van der Waals surface area contributed by atoms with Gasteiger partial charge in [-0.05, 0) is 19.1 Å². The van der Waals surface area contributed by atoms with Gasteiger partial charge in [-0.2, -0.15) is 0 Å². The second kappa shape index (κ2) is 5.14. The minimum atomic E-state index is -3.16. The molecule has 0 aliphatic heterocycles. The summed E-state index contributed by atoms with van der Waals surface area (Å²) in [6.07, 6.45) is 0. The van der Waals surface area contributed by atoms with Crippen molar-refractivity contribution in [2.24, 2.45) is 0 Å². The van der Waals surface area contributed by atoms with Crippen LogP contribution in [0.3, 0.4) is 0 Å². The van der Waals surface area contributed by atoms with Gasteiger partial charge in [0.05, 0.1) is 0 Å². The lowest BCUT2D eigenvalue weighted by Gasteiger charge is -2.18. The number of carboxylic acids is 1. The van der Waals surface area contributed by atoms with Crippen LogP contribution in [0.25, 0.3) is 0 Å². The summed E-state index contributed by atoms with van der Waals surface area (Å²) in [6.45, 7) is 2.76. The molecule has 0 saturated heterocycles. The number of nitrogens with one attached hydrogen (secondary N) is 1. The van der Waals surface area contributed by atoms with Gasteiger partial charge in [-0.25, -0.2) is 5.09 Å². The lowest BCUT2D eigenvalue weighted by atomic mass is 10.3. The van der Waals surface area contributed by atoms with Gasteiger partial charge in [-0.3, -0.25) is 9.36 Å². The second-order valence-corrected chi connectivity index (χ2v) is 5.57. The average Bonchev–Trinajstić information content (AvgIpc) is 2.17. The van der Waals surface area contributed by atoms with Crippen molar-refractivity contribution < 1.29 is 19.0 Å². The molecule has 0 heterocycles. The summed E-state index contributed by atoms with van der Waals surface area (Å²) in [7, 11) is -3.16. The highest BCUT2D eigenvalue weighted by Gasteiger charge is 2.23. The molecule has 6 heteroatoms. The van der Waals surface area contributed by atoms with Crippen molar-refractivity contribution in [3.63, 3.8) is 0 Å². The number of hydrogen-bond donors (Lipinski definition) is 2. The molecule has 5 nitrogen and oxygen atoms in total. The molecule has 0 saturated carbocycles. The Balaban J connectivity index is 2.66. The van der Waals surface area contributed by atoms with E-state index in [2.05, 4.69) is 5.09 Å². The predicted molar refractivity (Wildman–Crippen MR) is 60.8 cm³/mol. The molecule has 1 unspecified atom stereocenters. The van der Waals surface area contributed by atoms with Crippen LogP contribution in [0.15, 0.2) is 30.3 Å². The van der Waals surface area contributed by atoms with E-state index in [0.29, 0.717) is 5.75 Å². The van der Waals surface area contributed by atoms with Crippen LogP contribution in [0, 0.1) is 0 Å². The Labute approximate surface area is 93.9 Å². The van der Waals surface area contributed by atoms with E-state index in [1.165, 1.54) is 13.6 Å². The maximum atomic E-state index is 11.9. The molecule has 0 radical (unpaired) electrons. The smallest absolute Gasteiger partial charge is 0.320 e. The van der Waals surface area contributed by atoms with Crippen LogP contribution in [0.5, 0.6) is 5.75 Å². The zero-order chi connectivity index (χ0) is 12.2. The summed E-state index contributed by atoms with van der Waals surface area (Å²) < 4.78 is 17.1. The Morgan fingerprint density at radius 3 is 2.50 bits per heavy atom. The van der Waals surface area contributed by atoms with Crippen LogP contribution in [0.1, 0.15) is 6.92 Å². The van der Waals surface area contributed by atoms with E-state index in [9.17, 15) is 9.36 Å². The summed E-state index contributed by atoms with van der Waals surface area (Å²) in [5.74, 6) is -0.628. The highest BCUT2D eigenvalue weighted by atomic mass is 31.2. The maximum Gasteiger partial charge on any atom is 0.320 e. The summed E-state index contributed by atoms with van der Waals surface area (Å²) in [5, 5.41) is 11.1. The third kappa shape index (κ3) is 4.04. The number of aliphatic carboxylic acids is 1. The first-order valence-corrected chi connectivity index (χ1v) is 6.81. The van der Waals surface area contributed by atoms with Crippen LogP contribution in [-0.4, -0.2) is 23.8 Å². The van der Waals surface area contributed by atoms with Gasteiger partial charge < -0.3 is 9.63 Å². The normalized spacial score (nSPS) is 16.1. The Kier molecular flexibility index (Phi) is 4.10. The zero-order valence-electron chi connectivity index (χ0n) is 9.08. The predicted octanol–water partition coefficient (Wildman–Crippen LogP) is 1.95. The van der Waals surface area contributed by atoms with E-state index in [-0.39, 0.29) is 0 Å². The molecule has 0 bridgehead atoms. The number of rotatable bonds is 5. The Morgan fingerprint density at radius 2 is 2.00 bits per heavy atom. The molecule has 0 aliphatic rings. The third-order valence-corrected chi connectivity index (χ3v) is 3.24. The van der Waals surface area contributed by atoms with E-state index in [4.69, 9.17) is 9.63 Å². The van der Waals surface area contributed by atoms with E-state index in [1.54, 1.807) is 30.3 Å². The average molecular weight is 243 g/mol. The summed E-state index contributed by atoms with van der Waals surface area (Å²) in [4.78, 5) is 10.6. The van der Waals surface area contributed by atoms with E-state index < -0.39 is 19.5 Å². The fourth-order valence-corrected chi connectivity index (χ4v) is 2.51. The van der Waals surface area contributed by atoms with Crippen molar-refractivity contribution >= 4 is 13.5 Å². The van der Waals surface area contributed by atoms with Gasteiger partial charge >= 0.3 is 13.5 Å². The van der Waals surface area contributed by atoms with Crippen molar-refractivity contribution in [3.05, 3.63) is 30.3 Å². The van der Waals surface area contributed by atoms with Gasteiger partial charge in [-0.1, -0.05) is 18.2 Å². The summed E-state index contributed by atoms with van der Waals surface area (Å²) in [6, 6.07) is 7.69. The van der Waals surface area contributed by atoms with E-state index >= 15 is 0 Å². The van der Waals surface area contributed by atoms with Crippen LogP contribution in [0.4, 0.5) is 0 Å². The van der Waals surface area contributed by atoms with Gasteiger partial charge in [0.2, 0.25) is 0 Å². The first kappa shape index (κ1) is 12.7. The molecule has 16 heavy (non-hydrogen) atoms. The number of hydrogen-bond acceptors (Lipinski definition) is 3. The molecule has 2 atom stereocenters. The van der Waals surface area contributed by atoms with Crippen molar-refractivity contribution in [3.8, 4) is 5.75 Å². The maximum absolute atomic E-state index is 11.9. The van der Waals surface area contributed by atoms with Crippen LogP contribution < -0.4 is 9.61 Å². The minimum absolute atomic E-state index is 0.443. The standard InChI is InChI=1S/C10H14NO4P/c1-8(10(12)13)11-16(2,14)15-9-6-4-3-5-7-9/h3-8H,1-2H3,(H,11,14)(H,12,13)/t8-,16?/m1/s1. The monoisotopic (exact) mass is 243 g/mol. The summed E-state index contributed by atoms with van der Waals surface area (Å²) >= 11 is 0. The van der Waals surface area contributed by atoms with E-state index in [0.717, 1.165) is 0 Å². The van der Waals surface area contributed by atoms with Crippen LogP contribution >= 0.6 is 7.52 Å². The van der Waals surface area contributed by atoms with Crippen LogP contribution in [0.2, 0.25) is 0 Å². The fourth-order valence-electron chi connectivity index (χ4n) is 1.12. The van der Waals surface area contributed by atoms with Gasteiger partial charge in [-0.15, -0.1) is 0 Å². The van der Waals surface area contributed by atoms with Crippen molar-refractivity contribution in [1.29, 1.82) is 0 Å². The zero-order valence-corrected chi connectivity index (χ0v) is 9.98. The minimum Gasteiger partial charge on any atom is -0.480 e. The number of para-hydroxylation sites is 1. The molecule has 0 amide bonds.